The summed E-state index contributed by atoms with van der Waals surface area (Å²) in [5.41, 5.74) is 0.706. The summed E-state index contributed by atoms with van der Waals surface area (Å²) in [5, 5.41) is 5.01. The first kappa shape index (κ1) is 18.1. The average Bonchev–Trinajstić information content (AvgIpc) is 2.96. The van der Waals surface area contributed by atoms with Crippen molar-refractivity contribution in [3.05, 3.63) is 34.1 Å². The molecule has 0 spiro atoms. The third-order valence-electron chi connectivity index (χ3n) is 4.17. The SMILES string of the molecule is CCOC(=O)[C@H]1CCCN(Cn2nc(-c3ccccc3Cl)oc2=S)C1. The summed E-state index contributed by atoms with van der Waals surface area (Å²) in [5.74, 6) is 0.167. The van der Waals surface area contributed by atoms with E-state index in [1.807, 2.05) is 25.1 Å². The van der Waals surface area contributed by atoms with E-state index in [0.29, 0.717) is 36.3 Å². The van der Waals surface area contributed by atoms with Crippen molar-refractivity contribution in [3.8, 4) is 11.5 Å². The minimum absolute atomic E-state index is 0.0992. The number of likely N-dealkylation sites (tertiary alicyclic amines) is 1. The summed E-state index contributed by atoms with van der Waals surface area (Å²) in [4.78, 5) is 14.4. The highest BCUT2D eigenvalue weighted by atomic mass is 35.5. The molecule has 8 heteroatoms. The van der Waals surface area contributed by atoms with Crippen LogP contribution in [0.2, 0.25) is 5.02 Å². The molecule has 0 bridgehead atoms. The van der Waals surface area contributed by atoms with Gasteiger partial charge < -0.3 is 9.15 Å². The molecule has 1 saturated heterocycles. The zero-order valence-electron chi connectivity index (χ0n) is 14.0. The van der Waals surface area contributed by atoms with Crippen LogP contribution in [0.15, 0.2) is 28.7 Å². The van der Waals surface area contributed by atoms with Gasteiger partial charge in [-0.1, -0.05) is 23.7 Å². The second kappa shape index (κ2) is 8.12. The van der Waals surface area contributed by atoms with Gasteiger partial charge in [0.05, 0.1) is 29.8 Å². The Labute approximate surface area is 156 Å². The molecule has 1 fully saturated rings. The van der Waals surface area contributed by atoms with Crippen LogP contribution in [0.25, 0.3) is 11.5 Å². The van der Waals surface area contributed by atoms with Crippen molar-refractivity contribution in [1.29, 1.82) is 0 Å². The number of ether oxygens (including phenoxy) is 1. The van der Waals surface area contributed by atoms with Crippen LogP contribution in [-0.4, -0.2) is 40.3 Å². The Morgan fingerprint density at radius 1 is 1.48 bits per heavy atom. The molecule has 1 atom stereocenters. The summed E-state index contributed by atoms with van der Waals surface area (Å²) in [6.07, 6.45) is 1.79. The molecule has 6 nitrogen and oxygen atoms in total. The number of rotatable bonds is 5. The van der Waals surface area contributed by atoms with Crippen LogP contribution in [0.5, 0.6) is 0 Å². The van der Waals surface area contributed by atoms with Gasteiger partial charge in [-0.05, 0) is 50.7 Å². The first-order valence-electron chi connectivity index (χ1n) is 8.30. The summed E-state index contributed by atoms with van der Waals surface area (Å²) in [7, 11) is 0. The number of hydrogen-bond donors (Lipinski definition) is 0. The molecule has 25 heavy (non-hydrogen) atoms. The first-order valence-corrected chi connectivity index (χ1v) is 9.09. The molecular weight excluding hydrogens is 362 g/mol. The molecule has 1 aromatic carbocycles. The Balaban J connectivity index is 1.72. The number of nitrogens with zero attached hydrogens (tertiary/aromatic N) is 3. The molecule has 1 aromatic heterocycles. The number of benzene rings is 1. The highest BCUT2D eigenvalue weighted by molar-refractivity contribution is 7.71. The Morgan fingerprint density at radius 3 is 3.04 bits per heavy atom. The van der Waals surface area contributed by atoms with Gasteiger partial charge in [0.15, 0.2) is 0 Å². The topological polar surface area (TPSA) is 60.5 Å². The maximum absolute atomic E-state index is 12.0. The minimum atomic E-state index is -0.132. The van der Waals surface area contributed by atoms with Crippen molar-refractivity contribution >= 4 is 29.8 Å². The summed E-state index contributed by atoms with van der Waals surface area (Å²) >= 11 is 11.5. The van der Waals surface area contributed by atoms with Crippen molar-refractivity contribution < 1.29 is 13.9 Å². The Bertz CT molecular complexity index is 804. The molecule has 2 aromatic rings. The first-order chi connectivity index (χ1) is 12.1. The summed E-state index contributed by atoms with van der Waals surface area (Å²) in [6.45, 7) is 4.22. The molecule has 1 aliphatic rings. The molecule has 3 rings (SSSR count). The molecule has 2 heterocycles. The van der Waals surface area contributed by atoms with Crippen LogP contribution in [0.4, 0.5) is 0 Å². The van der Waals surface area contributed by atoms with Crippen LogP contribution >= 0.6 is 23.8 Å². The van der Waals surface area contributed by atoms with Crippen LogP contribution in [0, 0.1) is 10.8 Å². The van der Waals surface area contributed by atoms with E-state index in [4.69, 9.17) is 33.0 Å². The third kappa shape index (κ3) is 4.29. The maximum Gasteiger partial charge on any atom is 0.310 e. The fourth-order valence-electron chi connectivity index (χ4n) is 2.97. The second-order valence-electron chi connectivity index (χ2n) is 5.96. The maximum atomic E-state index is 12.0. The predicted octanol–water partition coefficient (Wildman–Crippen LogP) is 3.76. The van der Waals surface area contributed by atoms with Crippen molar-refractivity contribution in [3.63, 3.8) is 0 Å². The number of carbonyl (C=O) groups excluding carboxylic acids is 1. The lowest BCUT2D eigenvalue weighted by atomic mass is 9.99. The van der Waals surface area contributed by atoms with E-state index in [1.165, 1.54) is 0 Å². The molecule has 0 amide bonds. The number of aromatic nitrogens is 2. The van der Waals surface area contributed by atoms with Crippen LogP contribution in [-0.2, 0) is 16.2 Å². The standard InChI is InChI=1S/C17H20ClN3O3S/c1-2-23-16(22)12-6-5-9-20(10-12)11-21-17(25)24-15(19-21)13-7-3-4-8-14(13)18/h3-4,7-8,12H,2,5-6,9-11H2,1H3/t12-/m0/s1. The van der Waals surface area contributed by atoms with E-state index in [0.717, 1.165) is 19.4 Å². The number of piperidine rings is 1. The van der Waals surface area contributed by atoms with E-state index >= 15 is 0 Å². The van der Waals surface area contributed by atoms with Crippen molar-refractivity contribution in [1.82, 2.24) is 14.7 Å². The monoisotopic (exact) mass is 381 g/mol. The molecule has 134 valence electrons. The van der Waals surface area contributed by atoms with Crippen molar-refractivity contribution in [2.45, 2.75) is 26.4 Å². The van der Waals surface area contributed by atoms with E-state index in [-0.39, 0.29) is 16.7 Å². The van der Waals surface area contributed by atoms with Crippen molar-refractivity contribution in [2.75, 3.05) is 19.7 Å². The Kier molecular flexibility index (Phi) is 5.88. The van der Waals surface area contributed by atoms with Gasteiger partial charge in [0, 0.05) is 6.54 Å². The summed E-state index contributed by atoms with van der Waals surface area (Å²) in [6, 6.07) is 7.34. The molecule has 0 N–H and O–H groups in total. The Hall–Kier alpha value is -1.70. The van der Waals surface area contributed by atoms with E-state index < -0.39 is 0 Å². The number of halogens is 1. The number of esters is 1. The number of hydrogen-bond acceptors (Lipinski definition) is 6. The van der Waals surface area contributed by atoms with Crippen LogP contribution in [0.1, 0.15) is 19.8 Å². The predicted molar refractivity (Wildman–Crippen MR) is 96.7 cm³/mol. The largest absolute Gasteiger partial charge is 0.466 e. The molecular formula is C17H20ClN3O3S. The molecule has 0 saturated carbocycles. The molecule has 1 aliphatic heterocycles. The molecule has 0 aliphatic carbocycles. The zero-order valence-corrected chi connectivity index (χ0v) is 15.6. The van der Waals surface area contributed by atoms with Crippen LogP contribution < -0.4 is 0 Å². The second-order valence-corrected chi connectivity index (χ2v) is 6.72. The lowest BCUT2D eigenvalue weighted by Gasteiger charge is -2.30. The minimum Gasteiger partial charge on any atom is -0.466 e. The van der Waals surface area contributed by atoms with Gasteiger partial charge in [-0.3, -0.25) is 9.69 Å². The van der Waals surface area contributed by atoms with Gasteiger partial charge in [-0.25, -0.2) is 4.68 Å². The van der Waals surface area contributed by atoms with E-state index in [9.17, 15) is 4.79 Å². The lowest BCUT2D eigenvalue weighted by molar-refractivity contribution is -0.150. The van der Waals surface area contributed by atoms with E-state index in [1.54, 1.807) is 10.7 Å². The Morgan fingerprint density at radius 2 is 2.28 bits per heavy atom. The van der Waals surface area contributed by atoms with Gasteiger partial charge in [0.2, 0.25) is 5.89 Å². The van der Waals surface area contributed by atoms with Gasteiger partial charge in [-0.15, -0.1) is 5.10 Å². The van der Waals surface area contributed by atoms with Crippen LogP contribution in [0.3, 0.4) is 0 Å². The number of carbonyl (C=O) groups is 1. The van der Waals surface area contributed by atoms with E-state index in [2.05, 4.69) is 10.00 Å². The smallest absolute Gasteiger partial charge is 0.310 e. The van der Waals surface area contributed by atoms with Gasteiger partial charge in [-0.2, -0.15) is 0 Å². The summed E-state index contributed by atoms with van der Waals surface area (Å²) < 4.78 is 12.4. The average molecular weight is 382 g/mol. The van der Waals surface area contributed by atoms with Gasteiger partial charge in [0.25, 0.3) is 4.84 Å². The van der Waals surface area contributed by atoms with Gasteiger partial charge in [0.1, 0.15) is 0 Å². The zero-order chi connectivity index (χ0) is 17.8. The quantitative estimate of drug-likeness (QED) is 0.580. The molecule has 0 radical (unpaired) electrons. The fraction of sp³-hybridized carbons (Fsp3) is 0.471. The highest BCUT2D eigenvalue weighted by Crippen LogP contribution is 2.26. The third-order valence-corrected chi connectivity index (χ3v) is 4.79. The normalized spacial score (nSPS) is 18.2. The fourth-order valence-corrected chi connectivity index (χ4v) is 3.36. The van der Waals surface area contributed by atoms with Crippen molar-refractivity contribution in [2.24, 2.45) is 5.92 Å². The highest BCUT2D eigenvalue weighted by Gasteiger charge is 2.27. The van der Waals surface area contributed by atoms with Gasteiger partial charge >= 0.3 is 5.97 Å². The molecule has 0 unspecified atom stereocenters. The lowest BCUT2D eigenvalue weighted by Crippen LogP contribution is -2.40.